The molecule has 4 nitrogen and oxygen atoms in total. The molecule has 2 aliphatic rings. The van der Waals surface area contributed by atoms with Crippen molar-refractivity contribution in [1.82, 2.24) is 5.43 Å². The van der Waals surface area contributed by atoms with Crippen molar-refractivity contribution in [3.05, 3.63) is 0 Å². The Morgan fingerprint density at radius 1 is 1.46 bits per heavy atom. The zero-order valence-electron chi connectivity index (χ0n) is 7.95. The van der Waals surface area contributed by atoms with Crippen molar-refractivity contribution in [2.75, 3.05) is 26.4 Å². The molecular weight excluding hydrogens is 168 g/mol. The molecule has 1 N–H and O–H groups in total. The van der Waals surface area contributed by atoms with Crippen molar-refractivity contribution < 1.29 is 9.47 Å². The first kappa shape index (κ1) is 8.97. The number of rotatable bonds is 3. The molecule has 2 aliphatic heterocycles. The van der Waals surface area contributed by atoms with Crippen molar-refractivity contribution in [3.8, 4) is 0 Å². The van der Waals surface area contributed by atoms with Crippen LogP contribution in [0.4, 0.5) is 0 Å². The summed E-state index contributed by atoms with van der Waals surface area (Å²) in [6.07, 6.45) is 3.01. The van der Waals surface area contributed by atoms with Crippen LogP contribution in [-0.4, -0.2) is 38.7 Å². The third-order valence-electron chi connectivity index (χ3n) is 2.43. The molecule has 0 saturated carbocycles. The fourth-order valence-electron chi connectivity index (χ4n) is 1.43. The number of hydrogen-bond acceptors (Lipinski definition) is 4. The molecule has 2 rings (SSSR count). The second kappa shape index (κ2) is 3.64. The van der Waals surface area contributed by atoms with Crippen molar-refractivity contribution in [1.29, 1.82) is 0 Å². The minimum Gasteiger partial charge on any atom is -0.379 e. The minimum absolute atomic E-state index is 0.159. The topological polar surface area (TPSA) is 42.9 Å². The van der Waals surface area contributed by atoms with E-state index in [4.69, 9.17) is 9.47 Å². The molecule has 2 saturated heterocycles. The minimum atomic E-state index is 0.159. The van der Waals surface area contributed by atoms with Gasteiger partial charge in [0.2, 0.25) is 0 Å². The Morgan fingerprint density at radius 3 is 2.85 bits per heavy atom. The lowest BCUT2D eigenvalue weighted by Gasteiger charge is -2.34. The molecule has 0 aromatic rings. The van der Waals surface area contributed by atoms with Crippen molar-refractivity contribution >= 4 is 6.21 Å². The number of ether oxygens (including phenoxy) is 2. The summed E-state index contributed by atoms with van der Waals surface area (Å²) < 4.78 is 10.3. The van der Waals surface area contributed by atoms with Crippen LogP contribution in [0.2, 0.25) is 0 Å². The van der Waals surface area contributed by atoms with E-state index in [1.807, 2.05) is 6.21 Å². The van der Waals surface area contributed by atoms with Gasteiger partial charge < -0.3 is 14.9 Å². The monoisotopic (exact) mass is 184 g/mol. The van der Waals surface area contributed by atoms with E-state index < -0.39 is 0 Å². The zero-order valence-corrected chi connectivity index (χ0v) is 7.95. The van der Waals surface area contributed by atoms with E-state index in [0.29, 0.717) is 6.04 Å². The summed E-state index contributed by atoms with van der Waals surface area (Å²) in [4.78, 5) is 0. The van der Waals surface area contributed by atoms with Gasteiger partial charge in [-0.3, -0.25) is 0 Å². The summed E-state index contributed by atoms with van der Waals surface area (Å²) in [5.41, 5.74) is 3.25. The molecule has 13 heavy (non-hydrogen) atoms. The molecule has 0 amide bonds. The van der Waals surface area contributed by atoms with Crippen LogP contribution < -0.4 is 5.43 Å². The molecule has 0 spiro atoms. The van der Waals surface area contributed by atoms with Crippen LogP contribution >= 0.6 is 0 Å². The maximum Gasteiger partial charge on any atom is 0.0695 e. The van der Waals surface area contributed by atoms with Gasteiger partial charge in [0.15, 0.2) is 0 Å². The average Bonchev–Trinajstić information content (AvgIpc) is 2.54. The van der Waals surface area contributed by atoms with Gasteiger partial charge in [-0.1, -0.05) is 6.92 Å². The molecular formula is C9H16N2O2. The van der Waals surface area contributed by atoms with E-state index in [9.17, 15) is 0 Å². The lowest BCUT2D eigenvalue weighted by Crippen LogP contribution is -2.41. The van der Waals surface area contributed by atoms with Crippen LogP contribution in [0.3, 0.4) is 0 Å². The highest BCUT2D eigenvalue weighted by molar-refractivity contribution is 5.66. The second-order valence-electron chi connectivity index (χ2n) is 4.09. The molecule has 4 heteroatoms. The fourth-order valence-corrected chi connectivity index (χ4v) is 1.43. The van der Waals surface area contributed by atoms with Gasteiger partial charge in [0, 0.05) is 12.8 Å². The van der Waals surface area contributed by atoms with Gasteiger partial charge in [0.1, 0.15) is 0 Å². The fraction of sp³-hybridized carbons (Fsp3) is 0.889. The van der Waals surface area contributed by atoms with E-state index in [2.05, 4.69) is 17.5 Å². The van der Waals surface area contributed by atoms with Crippen LogP contribution in [0.25, 0.3) is 0 Å². The first-order valence-electron chi connectivity index (χ1n) is 4.74. The van der Waals surface area contributed by atoms with Crippen molar-refractivity contribution in [2.24, 2.45) is 10.5 Å². The average molecular weight is 184 g/mol. The lowest BCUT2D eigenvalue weighted by atomic mass is 9.91. The zero-order chi connectivity index (χ0) is 9.15. The quantitative estimate of drug-likeness (QED) is 0.509. The molecule has 0 aliphatic carbocycles. The first-order chi connectivity index (χ1) is 6.29. The summed E-state index contributed by atoms with van der Waals surface area (Å²) in [6.45, 7) is 5.36. The Balaban J connectivity index is 1.71. The Kier molecular flexibility index (Phi) is 2.51. The summed E-state index contributed by atoms with van der Waals surface area (Å²) in [6, 6.07) is 0.404. The molecule has 2 fully saturated rings. The summed E-state index contributed by atoms with van der Waals surface area (Å²) in [7, 11) is 0. The molecule has 1 atom stereocenters. The maximum atomic E-state index is 5.22. The molecule has 2 heterocycles. The Morgan fingerprint density at radius 2 is 2.31 bits per heavy atom. The van der Waals surface area contributed by atoms with Crippen LogP contribution in [0.1, 0.15) is 13.3 Å². The Labute approximate surface area is 78.3 Å². The largest absolute Gasteiger partial charge is 0.379 e. The molecule has 0 radical (unpaired) electrons. The number of hydrazone groups is 1. The van der Waals surface area contributed by atoms with E-state index in [0.717, 1.165) is 32.8 Å². The number of nitrogens with one attached hydrogen (secondary N) is 1. The maximum absolute atomic E-state index is 5.22. The van der Waals surface area contributed by atoms with Gasteiger partial charge in [-0.05, 0) is 6.42 Å². The van der Waals surface area contributed by atoms with Crippen LogP contribution in [0.15, 0.2) is 5.10 Å². The standard InChI is InChI=1S/C9H16N2O2/c1-9(6-13-7-9)5-10-11-8-2-3-12-4-8/h5,8,11H,2-4,6-7H2,1H3/b10-5+. The highest BCUT2D eigenvalue weighted by Gasteiger charge is 2.31. The van der Waals surface area contributed by atoms with Gasteiger partial charge >= 0.3 is 0 Å². The van der Waals surface area contributed by atoms with E-state index in [1.54, 1.807) is 0 Å². The van der Waals surface area contributed by atoms with Gasteiger partial charge in [0.05, 0.1) is 31.3 Å². The van der Waals surface area contributed by atoms with Crippen LogP contribution in [0, 0.1) is 5.41 Å². The highest BCUT2D eigenvalue weighted by atomic mass is 16.5. The van der Waals surface area contributed by atoms with Crippen LogP contribution in [0.5, 0.6) is 0 Å². The predicted molar refractivity (Wildman–Crippen MR) is 49.8 cm³/mol. The van der Waals surface area contributed by atoms with Gasteiger partial charge in [-0.2, -0.15) is 5.10 Å². The highest BCUT2D eigenvalue weighted by Crippen LogP contribution is 2.23. The normalized spacial score (nSPS) is 31.9. The van der Waals surface area contributed by atoms with E-state index in [-0.39, 0.29) is 5.41 Å². The van der Waals surface area contributed by atoms with Gasteiger partial charge in [0.25, 0.3) is 0 Å². The number of nitrogens with zero attached hydrogens (tertiary/aromatic N) is 1. The lowest BCUT2D eigenvalue weighted by molar-refractivity contribution is -0.0557. The molecule has 1 unspecified atom stereocenters. The Bertz CT molecular complexity index is 196. The molecule has 0 aromatic heterocycles. The molecule has 0 aromatic carbocycles. The predicted octanol–water partition coefficient (Wildman–Crippen LogP) is 0.387. The Hall–Kier alpha value is -0.610. The van der Waals surface area contributed by atoms with Gasteiger partial charge in [-0.15, -0.1) is 0 Å². The van der Waals surface area contributed by atoms with E-state index >= 15 is 0 Å². The van der Waals surface area contributed by atoms with Gasteiger partial charge in [-0.25, -0.2) is 0 Å². The summed E-state index contributed by atoms with van der Waals surface area (Å²) >= 11 is 0. The molecule has 0 bridgehead atoms. The SMILES string of the molecule is CC1(/C=N/NC2CCOC2)COC1. The summed E-state index contributed by atoms with van der Waals surface area (Å²) in [5.74, 6) is 0. The van der Waals surface area contributed by atoms with Crippen molar-refractivity contribution in [2.45, 2.75) is 19.4 Å². The van der Waals surface area contributed by atoms with Crippen molar-refractivity contribution in [3.63, 3.8) is 0 Å². The number of hydrogen-bond donors (Lipinski definition) is 1. The van der Waals surface area contributed by atoms with Crippen LogP contribution in [-0.2, 0) is 9.47 Å². The second-order valence-corrected chi connectivity index (χ2v) is 4.09. The smallest absolute Gasteiger partial charge is 0.0695 e. The third-order valence-corrected chi connectivity index (χ3v) is 2.43. The third kappa shape index (κ3) is 2.19. The molecule has 74 valence electrons. The first-order valence-corrected chi connectivity index (χ1v) is 4.74. The summed E-state index contributed by atoms with van der Waals surface area (Å²) in [5, 5.41) is 4.21. The van der Waals surface area contributed by atoms with E-state index in [1.165, 1.54) is 0 Å².